The lowest BCUT2D eigenvalue weighted by Gasteiger charge is -2.40. The maximum atomic E-state index is 6.26. The second-order valence-electron chi connectivity index (χ2n) is 7.87. The fraction of sp³-hybridized carbons (Fsp3) is 0.667. The number of piperidine rings is 1. The van der Waals surface area contributed by atoms with Crippen LogP contribution in [0.15, 0.2) is 29.3 Å². The van der Waals surface area contributed by atoms with Gasteiger partial charge in [-0.3, -0.25) is 9.89 Å². The number of ether oxygens (including phenoxy) is 1. The Kier molecular flexibility index (Phi) is 7.39. The second-order valence-corrected chi connectivity index (χ2v) is 8.30. The molecule has 150 valence electrons. The van der Waals surface area contributed by atoms with Gasteiger partial charge in [0, 0.05) is 50.8 Å². The van der Waals surface area contributed by atoms with Crippen molar-refractivity contribution < 1.29 is 4.74 Å². The second kappa shape index (κ2) is 9.76. The highest BCUT2D eigenvalue weighted by molar-refractivity contribution is 6.30. The molecular formula is C21H33ClN4O. The molecule has 2 aliphatic heterocycles. The van der Waals surface area contributed by atoms with Gasteiger partial charge < -0.3 is 15.0 Å². The molecule has 2 fully saturated rings. The summed E-state index contributed by atoms with van der Waals surface area (Å²) in [5.41, 5.74) is 1.31. The molecule has 0 saturated carbocycles. The molecule has 5 nitrogen and oxygen atoms in total. The van der Waals surface area contributed by atoms with Crippen LogP contribution in [-0.4, -0.2) is 69.8 Å². The van der Waals surface area contributed by atoms with Crippen molar-refractivity contribution in [3.05, 3.63) is 34.9 Å². The Morgan fingerprint density at radius 3 is 2.93 bits per heavy atom. The number of guanidine groups is 1. The minimum atomic E-state index is 0.392. The van der Waals surface area contributed by atoms with Gasteiger partial charge in [0.15, 0.2) is 5.96 Å². The van der Waals surface area contributed by atoms with Gasteiger partial charge in [0.1, 0.15) is 0 Å². The van der Waals surface area contributed by atoms with Gasteiger partial charge in [-0.05, 0) is 56.5 Å². The lowest BCUT2D eigenvalue weighted by atomic mass is 9.85. The van der Waals surface area contributed by atoms with E-state index >= 15 is 0 Å². The van der Waals surface area contributed by atoms with E-state index in [2.05, 4.69) is 45.4 Å². The topological polar surface area (TPSA) is 40.1 Å². The van der Waals surface area contributed by atoms with Crippen molar-refractivity contribution in [2.75, 3.05) is 54.0 Å². The lowest BCUT2D eigenvalue weighted by molar-refractivity contribution is 0.122. The van der Waals surface area contributed by atoms with Crippen LogP contribution in [0.5, 0.6) is 0 Å². The first-order valence-electron chi connectivity index (χ1n) is 10.0. The Labute approximate surface area is 168 Å². The Morgan fingerprint density at radius 2 is 2.19 bits per heavy atom. The predicted molar refractivity (Wildman–Crippen MR) is 112 cm³/mol. The summed E-state index contributed by atoms with van der Waals surface area (Å²) in [6.07, 6.45) is 3.63. The van der Waals surface area contributed by atoms with Gasteiger partial charge >= 0.3 is 0 Å². The quantitative estimate of drug-likeness (QED) is 0.616. The summed E-state index contributed by atoms with van der Waals surface area (Å²) in [5, 5.41) is 4.47. The molecule has 2 heterocycles. The molecule has 0 radical (unpaired) electrons. The summed E-state index contributed by atoms with van der Waals surface area (Å²) >= 11 is 6.26. The molecule has 1 aromatic carbocycles. The molecule has 0 aromatic heterocycles. The molecule has 27 heavy (non-hydrogen) atoms. The van der Waals surface area contributed by atoms with E-state index < -0.39 is 0 Å². The van der Waals surface area contributed by atoms with E-state index in [0.717, 1.165) is 43.8 Å². The zero-order valence-corrected chi connectivity index (χ0v) is 17.6. The Balaban J connectivity index is 1.64. The molecule has 2 saturated heterocycles. The number of hydrogen-bond donors (Lipinski definition) is 1. The third kappa shape index (κ3) is 5.15. The van der Waals surface area contributed by atoms with E-state index in [-0.39, 0.29) is 0 Å². The zero-order chi connectivity index (χ0) is 19.2. The van der Waals surface area contributed by atoms with Crippen molar-refractivity contribution >= 4 is 17.6 Å². The van der Waals surface area contributed by atoms with Crippen LogP contribution in [-0.2, 0) is 4.74 Å². The molecule has 2 aliphatic rings. The summed E-state index contributed by atoms with van der Waals surface area (Å²) in [7, 11) is 5.89. The Bertz CT molecular complexity index is 638. The monoisotopic (exact) mass is 392 g/mol. The minimum absolute atomic E-state index is 0.392. The van der Waals surface area contributed by atoms with Gasteiger partial charge in [0.25, 0.3) is 0 Å². The Hall–Kier alpha value is -1.30. The molecule has 1 aromatic rings. The van der Waals surface area contributed by atoms with Gasteiger partial charge in [-0.2, -0.15) is 0 Å². The molecule has 1 N–H and O–H groups in total. The highest BCUT2D eigenvalue weighted by atomic mass is 35.5. The summed E-state index contributed by atoms with van der Waals surface area (Å²) in [6.45, 7) is 4.97. The number of benzene rings is 1. The molecule has 0 amide bonds. The number of halogens is 1. The molecule has 3 rings (SSSR count). The van der Waals surface area contributed by atoms with E-state index in [1.54, 1.807) is 7.11 Å². The first-order valence-corrected chi connectivity index (χ1v) is 10.4. The number of aliphatic imine (C=N–C) groups is 1. The van der Waals surface area contributed by atoms with Crippen molar-refractivity contribution in [3.63, 3.8) is 0 Å². The third-order valence-electron chi connectivity index (χ3n) is 5.92. The molecule has 0 bridgehead atoms. The number of methoxy groups -OCH3 is 1. The number of hydrogen-bond acceptors (Lipinski definition) is 3. The average Bonchev–Trinajstić information content (AvgIpc) is 3.11. The predicted octanol–water partition coefficient (Wildman–Crippen LogP) is 3.27. The number of rotatable bonds is 5. The Morgan fingerprint density at radius 1 is 1.33 bits per heavy atom. The van der Waals surface area contributed by atoms with E-state index in [1.807, 2.05) is 13.1 Å². The molecule has 3 unspecified atom stereocenters. The van der Waals surface area contributed by atoms with Gasteiger partial charge in [-0.1, -0.05) is 23.7 Å². The van der Waals surface area contributed by atoms with Crippen LogP contribution < -0.4 is 5.32 Å². The summed E-state index contributed by atoms with van der Waals surface area (Å²) in [4.78, 5) is 9.37. The average molecular weight is 393 g/mol. The summed E-state index contributed by atoms with van der Waals surface area (Å²) < 4.78 is 5.32. The molecule has 0 spiro atoms. The fourth-order valence-corrected chi connectivity index (χ4v) is 4.84. The van der Waals surface area contributed by atoms with E-state index in [0.29, 0.717) is 17.9 Å². The van der Waals surface area contributed by atoms with Gasteiger partial charge in [0.05, 0.1) is 6.61 Å². The zero-order valence-electron chi connectivity index (χ0n) is 16.8. The maximum Gasteiger partial charge on any atom is 0.193 e. The van der Waals surface area contributed by atoms with Gasteiger partial charge in [-0.25, -0.2) is 0 Å². The molecular weight excluding hydrogens is 360 g/mol. The van der Waals surface area contributed by atoms with Gasteiger partial charge in [-0.15, -0.1) is 0 Å². The third-order valence-corrected chi connectivity index (χ3v) is 6.15. The van der Waals surface area contributed by atoms with Crippen LogP contribution in [0.2, 0.25) is 5.02 Å². The first kappa shape index (κ1) is 20.4. The van der Waals surface area contributed by atoms with Crippen molar-refractivity contribution in [1.29, 1.82) is 0 Å². The highest BCUT2D eigenvalue weighted by Crippen LogP contribution is 2.35. The van der Waals surface area contributed by atoms with Crippen LogP contribution in [0.4, 0.5) is 0 Å². The summed E-state index contributed by atoms with van der Waals surface area (Å²) in [5.74, 6) is 2.16. The van der Waals surface area contributed by atoms with Crippen molar-refractivity contribution in [2.45, 2.75) is 25.3 Å². The van der Waals surface area contributed by atoms with Crippen molar-refractivity contribution in [1.82, 2.24) is 15.1 Å². The van der Waals surface area contributed by atoms with E-state index in [4.69, 9.17) is 16.3 Å². The van der Waals surface area contributed by atoms with Crippen LogP contribution >= 0.6 is 11.6 Å². The van der Waals surface area contributed by atoms with Crippen LogP contribution in [0.25, 0.3) is 0 Å². The molecule has 3 atom stereocenters. The number of nitrogens with zero attached hydrogens (tertiary/aromatic N) is 3. The fourth-order valence-electron chi connectivity index (χ4n) is 4.64. The van der Waals surface area contributed by atoms with E-state index in [1.165, 1.54) is 24.8 Å². The minimum Gasteiger partial charge on any atom is -0.384 e. The number of nitrogens with one attached hydrogen (secondary N) is 1. The standard InChI is InChI=1S/C21H33ClN4O/c1-23-21(26-11-9-16(14-26)15-27-3)24-13-18-7-5-10-25(2)20(18)17-6-4-8-19(22)12-17/h4,6,8,12,16,18,20H,5,7,9-11,13-15H2,1-3H3,(H,23,24). The van der Waals surface area contributed by atoms with Crippen molar-refractivity contribution in [2.24, 2.45) is 16.8 Å². The smallest absolute Gasteiger partial charge is 0.193 e. The lowest BCUT2D eigenvalue weighted by Crippen LogP contribution is -2.46. The number of likely N-dealkylation sites (tertiary alicyclic amines) is 2. The molecule has 6 heteroatoms. The van der Waals surface area contributed by atoms with Crippen molar-refractivity contribution in [3.8, 4) is 0 Å². The maximum absolute atomic E-state index is 6.26. The normalized spacial score (nSPS) is 27.2. The van der Waals surface area contributed by atoms with E-state index in [9.17, 15) is 0 Å². The summed E-state index contributed by atoms with van der Waals surface area (Å²) in [6, 6.07) is 8.72. The largest absolute Gasteiger partial charge is 0.384 e. The molecule has 0 aliphatic carbocycles. The van der Waals surface area contributed by atoms with Crippen LogP contribution in [0, 0.1) is 11.8 Å². The van der Waals surface area contributed by atoms with Crippen LogP contribution in [0.3, 0.4) is 0 Å². The first-order chi connectivity index (χ1) is 13.1. The highest BCUT2D eigenvalue weighted by Gasteiger charge is 2.31. The SMILES string of the molecule is CN=C(NCC1CCCN(C)C1c1cccc(Cl)c1)N1CCC(COC)C1. The van der Waals surface area contributed by atoms with Gasteiger partial charge in [0.2, 0.25) is 0 Å². The van der Waals surface area contributed by atoms with Crippen LogP contribution in [0.1, 0.15) is 30.9 Å².